The van der Waals surface area contributed by atoms with Crippen LogP contribution in [-0.2, 0) is 16.0 Å². The molecule has 22 heavy (non-hydrogen) atoms. The average molecular weight is 308 g/mol. The first kappa shape index (κ1) is 18.3. The van der Waals surface area contributed by atoms with Crippen LogP contribution in [0.2, 0.25) is 0 Å². The van der Waals surface area contributed by atoms with Crippen LogP contribution in [0.4, 0.5) is 0 Å². The van der Waals surface area contributed by atoms with Gasteiger partial charge in [-0.3, -0.25) is 4.79 Å². The summed E-state index contributed by atoms with van der Waals surface area (Å²) in [6, 6.07) is 8.20. The van der Waals surface area contributed by atoms with E-state index in [0.29, 0.717) is 0 Å². The summed E-state index contributed by atoms with van der Waals surface area (Å²) in [5.41, 5.74) is 10.3. The van der Waals surface area contributed by atoms with Gasteiger partial charge in [-0.1, -0.05) is 44.2 Å². The predicted molar refractivity (Wildman–Crippen MR) is 83.1 cm³/mol. The molecule has 0 heterocycles. The van der Waals surface area contributed by atoms with Crippen molar-refractivity contribution in [1.29, 1.82) is 0 Å². The van der Waals surface area contributed by atoms with E-state index in [9.17, 15) is 19.8 Å². The molecule has 6 heteroatoms. The summed E-state index contributed by atoms with van der Waals surface area (Å²) >= 11 is 0. The number of hydrogen-bond acceptors (Lipinski definition) is 5. The number of nitrogens with two attached hydrogens (primary N) is 2. The van der Waals surface area contributed by atoms with Gasteiger partial charge in [0.25, 0.3) is 0 Å². The number of carboxylic acids is 1. The molecule has 6 N–H and O–H groups in total. The van der Waals surface area contributed by atoms with Gasteiger partial charge in [0.15, 0.2) is 11.3 Å². The molecule has 0 aromatic heterocycles. The first-order valence-electron chi connectivity index (χ1n) is 7.22. The number of benzene rings is 1. The zero-order valence-electron chi connectivity index (χ0n) is 12.9. The Morgan fingerprint density at radius 3 is 2.23 bits per heavy atom. The molecule has 0 aliphatic carbocycles. The quantitative estimate of drug-likeness (QED) is 0.512. The second-order valence-corrected chi connectivity index (χ2v) is 6.04. The molecule has 122 valence electrons. The third-order valence-corrected chi connectivity index (χ3v) is 3.54. The van der Waals surface area contributed by atoms with Gasteiger partial charge in [0.1, 0.15) is 6.10 Å². The molecule has 0 aliphatic rings. The first-order valence-corrected chi connectivity index (χ1v) is 7.22. The molecule has 0 saturated carbocycles. The van der Waals surface area contributed by atoms with Crippen LogP contribution < -0.4 is 11.5 Å². The fourth-order valence-corrected chi connectivity index (χ4v) is 2.39. The highest BCUT2D eigenvalue weighted by molar-refractivity contribution is 6.09. The number of aliphatic hydroxyl groups is 1. The van der Waals surface area contributed by atoms with E-state index in [1.165, 1.54) is 0 Å². The highest BCUT2D eigenvalue weighted by Crippen LogP contribution is 2.19. The molecule has 1 rings (SSSR count). The van der Waals surface area contributed by atoms with Gasteiger partial charge in [-0.2, -0.15) is 0 Å². The number of Topliss-reactive ketones (excluding diaryl/α,β-unsaturated/α-hetero) is 1. The molecular formula is C16H24N2O4. The van der Waals surface area contributed by atoms with E-state index in [2.05, 4.69) is 0 Å². The minimum Gasteiger partial charge on any atom is -0.480 e. The van der Waals surface area contributed by atoms with Crippen molar-refractivity contribution in [3.05, 3.63) is 35.9 Å². The van der Waals surface area contributed by atoms with Crippen molar-refractivity contribution in [2.75, 3.05) is 0 Å². The van der Waals surface area contributed by atoms with Crippen molar-refractivity contribution in [1.82, 2.24) is 0 Å². The van der Waals surface area contributed by atoms with E-state index in [4.69, 9.17) is 11.5 Å². The van der Waals surface area contributed by atoms with Gasteiger partial charge in [-0.25, -0.2) is 4.79 Å². The molecule has 0 aliphatic heterocycles. The zero-order valence-corrected chi connectivity index (χ0v) is 12.9. The van der Waals surface area contributed by atoms with Gasteiger partial charge in [0.2, 0.25) is 0 Å². The maximum absolute atomic E-state index is 12.3. The number of ketones is 1. The summed E-state index contributed by atoms with van der Waals surface area (Å²) in [6.45, 7) is 3.52. The van der Waals surface area contributed by atoms with Gasteiger partial charge in [-0.05, 0) is 24.3 Å². The standard InChI is InChI=1S/C16H24N2O4/c1-10(2)9-16(18,15(21)22)14(20)13(19)12(17)8-11-6-4-3-5-7-11/h3-7,10,12-13,19H,8-9,17-18H2,1-2H3,(H,21,22)/t12-,13-,16-/m1/s1. The van der Waals surface area contributed by atoms with E-state index >= 15 is 0 Å². The maximum Gasteiger partial charge on any atom is 0.331 e. The number of rotatable bonds is 8. The number of carbonyl (C=O) groups excluding carboxylic acids is 1. The van der Waals surface area contributed by atoms with Crippen LogP contribution in [0.5, 0.6) is 0 Å². The number of carboxylic acid groups (broad SMARTS) is 1. The Morgan fingerprint density at radius 2 is 1.77 bits per heavy atom. The lowest BCUT2D eigenvalue weighted by Crippen LogP contribution is -2.62. The fraction of sp³-hybridized carbons (Fsp3) is 0.500. The summed E-state index contributed by atoms with van der Waals surface area (Å²) in [7, 11) is 0. The molecule has 1 aromatic rings. The maximum atomic E-state index is 12.3. The van der Waals surface area contributed by atoms with Crippen LogP contribution in [0, 0.1) is 5.92 Å². The lowest BCUT2D eigenvalue weighted by molar-refractivity contribution is -0.152. The lowest BCUT2D eigenvalue weighted by Gasteiger charge is -2.29. The smallest absolute Gasteiger partial charge is 0.331 e. The Kier molecular flexibility index (Phi) is 6.22. The molecule has 0 fully saturated rings. The van der Waals surface area contributed by atoms with E-state index in [-0.39, 0.29) is 18.8 Å². The highest BCUT2D eigenvalue weighted by atomic mass is 16.4. The summed E-state index contributed by atoms with van der Waals surface area (Å²) in [5.74, 6) is -2.50. The van der Waals surface area contributed by atoms with Crippen LogP contribution in [-0.4, -0.2) is 39.7 Å². The van der Waals surface area contributed by atoms with Crippen LogP contribution >= 0.6 is 0 Å². The minimum atomic E-state index is -2.12. The third-order valence-electron chi connectivity index (χ3n) is 3.54. The molecule has 0 spiro atoms. The van der Waals surface area contributed by atoms with Crippen molar-refractivity contribution >= 4 is 11.8 Å². The van der Waals surface area contributed by atoms with E-state index in [0.717, 1.165) is 5.56 Å². The topological polar surface area (TPSA) is 127 Å². The van der Waals surface area contributed by atoms with Crippen LogP contribution in [0.3, 0.4) is 0 Å². The normalized spacial score (nSPS) is 16.8. The zero-order chi connectivity index (χ0) is 16.9. The summed E-state index contributed by atoms with van der Waals surface area (Å²) < 4.78 is 0. The van der Waals surface area contributed by atoms with Crippen molar-refractivity contribution < 1.29 is 19.8 Å². The lowest BCUT2D eigenvalue weighted by atomic mass is 9.81. The largest absolute Gasteiger partial charge is 0.480 e. The molecule has 0 bridgehead atoms. The molecule has 0 unspecified atom stereocenters. The second-order valence-electron chi connectivity index (χ2n) is 6.04. The molecule has 3 atom stereocenters. The first-order chi connectivity index (χ1) is 10.2. The van der Waals surface area contributed by atoms with Crippen LogP contribution in [0.15, 0.2) is 30.3 Å². The van der Waals surface area contributed by atoms with Crippen molar-refractivity contribution in [3.8, 4) is 0 Å². The molecule has 0 radical (unpaired) electrons. The number of hydrogen-bond donors (Lipinski definition) is 4. The Morgan fingerprint density at radius 1 is 1.23 bits per heavy atom. The average Bonchev–Trinajstić information content (AvgIpc) is 2.45. The summed E-state index contributed by atoms with van der Waals surface area (Å²) in [6.07, 6.45) is -1.43. The van der Waals surface area contributed by atoms with Crippen LogP contribution in [0.1, 0.15) is 25.8 Å². The SMILES string of the molecule is CC(C)C[C@](N)(C(=O)O)C(=O)[C@H](O)[C@H](N)Cc1ccccc1. The van der Waals surface area contributed by atoms with Gasteiger partial charge in [-0.15, -0.1) is 0 Å². The van der Waals surface area contributed by atoms with Crippen molar-refractivity contribution in [3.63, 3.8) is 0 Å². The second kappa shape index (κ2) is 7.49. The summed E-state index contributed by atoms with van der Waals surface area (Å²) in [5, 5.41) is 19.4. The fourth-order valence-electron chi connectivity index (χ4n) is 2.39. The van der Waals surface area contributed by atoms with E-state index in [1.807, 2.05) is 30.3 Å². The van der Waals surface area contributed by atoms with E-state index < -0.39 is 29.4 Å². The van der Waals surface area contributed by atoms with Gasteiger partial charge in [0, 0.05) is 6.04 Å². The van der Waals surface area contributed by atoms with Gasteiger partial charge >= 0.3 is 5.97 Å². The summed E-state index contributed by atoms with van der Waals surface area (Å²) in [4.78, 5) is 23.7. The Balaban J connectivity index is 2.87. The predicted octanol–water partition coefficient (Wildman–Crippen LogP) is 0.315. The van der Waals surface area contributed by atoms with Crippen molar-refractivity contribution in [2.24, 2.45) is 17.4 Å². The molecule has 0 saturated heterocycles. The highest BCUT2D eigenvalue weighted by Gasteiger charge is 2.46. The van der Waals surface area contributed by atoms with Gasteiger partial charge < -0.3 is 21.7 Å². The van der Waals surface area contributed by atoms with Crippen molar-refractivity contribution in [2.45, 2.75) is 44.4 Å². The number of aliphatic carboxylic acids is 1. The Bertz CT molecular complexity index is 518. The molecular weight excluding hydrogens is 284 g/mol. The Hall–Kier alpha value is -1.76. The number of carbonyl (C=O) groups is 2. The van der Waals surface area contributed by atoms with Crippen LogP contribution in [0.25, 0.3) is 0 Å². The monoisotopic (exact) mass is 308 g/mol. The molecule has 1 aromatic carbocycles. The third kappa shape index (κ3) is 4.37. The molecule has 6 nitrogen and oxygen atoms in total. The number of aliphatic hydroxyl groups excluding tert-OH is 1. The van der Waals surface area contributed by atoms with Gasteiger partial charge in [0.05, 0.1) is 0 Å². The Labute approximate surface area is 130 Å². The molecule has 0 amide bonds. The minimum absolute atomic E-state index is 0.0592. The van der Waals surface area contributed by atoms with E-state index in [1.54, 1.807) is 13.8 Å².